The first-order valence-electron chi connectivity index (χ1n) is 6.46. The molecule has 0 saturated heterocycles. The zero-order valence-corrected chi connectivity index (χ0v) is 13.8. The van der Waals surface area contributed by atoms with E-state index in [-0.39, 0.29) is 27.6 Å². The van der Waals surface area contributed by atoms with Gasteiger partial charge in [0.25, 0.3) is 6.43 Å². The molecule has 2 aromatic heterocycles. The molecule has 9 heteroatoms. The smallest absolute Gasteiger partial charge is 0.272 e. The van der Waals surface area contributed by atoms with Crippen LogP contribution in [0.25, 0.3) is 11.3 Å². The summed E-state index contributed by atoms with van der Waals surface area (Å²) in [5.74, 6) is 0.154. The Kier molecular flexibility index (Phi) is 5.91. The second kappa shape index (κ2) is 7.91. The van der Waals surface area contributed by atoms with E-state index in [1.807, 2.05) is 12.1 Å². The summed E-state index contributed by atoms with van der Waals surface area (Å²) in [6.07, 6.45) is 0.375. The maximum atomic E-state index is 12.1. The number of alkyl halides is 2. The summed E-state index contributed by atoms with van der Waals surface area (Å²) in [7, 11) is 0. The van der Waals surface area contributed by atoms with Crippen molar-refractivity contribution in [2.45, 2.75) is 11.5 Å². The molecular weight excluding hydrogens is 358 g/mol. The van der Waals surface area contributed by atoms with Crippen molar-refractivity contribution in [3.8, 4) is 29.1 Å². The van der Waals surface area contributed by atoms with Gasteiger partial charge in [0.05, 0.1) is 17.5 Å². The standard InChI is InChI=1S/C15H9ClF2N4OS/c1-24-15-10(5-20)13(9(4-19)14(16)22-15)11-3-2-8(6-21-11)23-7-12(17)18/h2-3,6,12H,7H2,1H3. The van der Waals surface area contributed by atoms with Gasteiger partial charge in [-0.3, -0.25) is 4.98 Å². The van der Waals surface area contributed by atoms with Crippen LogP contribution in [0.5, 0.6) is 5.75 Å². The fourth-order valence-corrected chi connectivity index (χ4v) is 2.72. The Balaban J connectivity index is 2.54. The van der Waals surface area contributed by atoms with Gasteiger partial charge in [-0.25, -0.2) is 13.8 Å². The van der Waals surface area contributed by atoms with E-state index in [9.17, 15) is 19.3 Å². The van der Waals surface area contributed by atoms with Crippen LogP contribution in [0.1, 0.15) is 11.1 Å². The van der Waals surface area contributed by atoms with Crippen molar-refractivity contribution in [1.82, 2.24) is 9.97 Å². The van der Waals surface area contributed by atoms with Crippen LogP contribution >= 0.6 is 23.4 Å². The Morgan fingerprint density at radius 3 is 2.50 bits per heavy atom. The highest BCUT2D eigenvalue weighted by atomic mass is 35.5. The van der Waals surface area contributed by atoms with Crippen molar-refractivity contribution in [3.63, 3.8) is 0 Å². The third-order valence-electron chi connectivity index (χ3n) is 2.91. The Morgan fingerprint density at radius 1 is 1.29 bits per heavy atom. The normalized spacial score (nSPS) is 10.3. The summed E-state index contributed by atoms with van der Waals surface area (Å²) in [5, 5.41) is 19.1. The van der Waals surface area contributed by atoms with Crippen LogP contribution in [0.15, 0.2) is 23.4 Å². The van der Waals surface area contributed by atoms with Gasteiger partial charge in [-0.2, -0.15) is 10.5 Å². The molecule has 0 bridgehead atoms. The van der Waals surface area contributed by atoms with Gasteiger partial charge in [0.15, 0.2) is 0 Å². The molecule has 24 heavy (non-hydrogen) atoms. The van der Waals surface area contributed by atoms with Gasteiger partial charge in [0.1, 0.15) is 40.2 Å². The Hall–Kier alpha value is -2.42. The Morgan fingerprint density at radius 2 is 2.00 bits per heavy atom. The van der Waals surface area contributed by atoms with Gasteiger partial charge in [-0.1, -0.05) is 11.6 Å². The van der Waals surface area contributed by atoms with Crippen molar-refractivity contribution in [3.05, 3.63) is 34.6 Å². The molecule has 0 aliphatic heterocycles. The summed E-state index contributed by atoms with van der Waals surface area (Å²) in [5.41, 5.74) is 0.758. The van der Waals surface area contributed by atoms with Gasteiger partial charge in [0.2, 0.25) is 0 Å². The van der Waals surface area contributed by atoms with Crippen LogP contribution in [0, 0.1) is 22.7 Å². The van der Waals surface area contributed by atoms with Crippen LogP contribution in [-0.2, 0) is 0 Å². The molecule has 0 N–H and O–H groups in total. The number of rotatable bonds is 5. The van der Waals surface area contributed by atoms with E-state index in [1.165, 1.54) is 30.1 Å². The second-order valence-corrected chi connectivity index (χ2v) is 5.49. The fourth-order valence-electron chi connectivity index (χ4n) is 1.92. The largest absolute Gasteiger partial charge is 0.486 e. The number of nitriles is 2. The lowest BCUT2D eigenvalue weighted by atomic mass is 10.0. The number of aromatic nitrogens is 2. The van der Waals surface area contributed by atoms with E-state index in [1.54, 1.807) is 6.26 Å². The zero-order valence-electron chi connectivity index (χ0n) is 12.3. The maximum absolute atomic E-state index is 12.1. The molecule has 0 aliphatic carbocycles. The highest BCUT2D eigenvalue weighted by Crippen LogP contribution is 2.35. The number of thioether (sulfide) groups is 1. The third kappa shape index (κ3) is 3.73. The molecule has 0 aromatic carbocycles. The highest BCUT2D eigenvalue weighted by Gasteiger charge is 2.21. The van der Waals surface area contributed by atoms with E-state index in [0.717, 1.165) is 0 Å². The predicted octanol–water partition coefficient (Wildman–Crippen LogP) is 3.91. The molecule has 5 nitrogen and oxygen atoms in total. The Labute approximate surface area is 145 Å². The summed E-state index contributed by atoms with van der Waals surface area (Å²) < 4.78 is 29.2. The van der Waals surface area contributed by atoms with E-state index >= 15 is 0 Å². The minimum Gasteiger partial charge on any atom is -0.486 e. The highest BCUT2D eigenvalue weighted by molar-refractivity contribution is 7.98. The summed E-state index contributed by atoms with van der Waals surface area (Å²) in [6.45, 7) is -0.744. The van der Waals surface area contributed by atoms with Crippen molar-refractivity contribution in [1.29, 1.82) is 10.5 Å². The predicted molar refractivity (Wildman–Crippen MR) is 85.2 cm³/mol. The molecule has 0 spiro atoms. The van der Waals surface area contributed by atoms with Crippen LogP contribution in [0.4, 0.5) is 8.78 Å². The monoisotopic (exact) mass is 366 g/mol. The second-order valence-electron chi connectivity index (χ2n) is 4.34. The van der Waals surface area contributed by atoms with Gasteiger partial charge in [-0.05, 0) is 18.4 Å². The molecule has 0 saturated carbocycles. The average Bonchev–Trinajstić information content (AvgIpc) is 2.59. The first-order chi connectivity index (χ1) is 11.5. The van der Waals surface area contributed by atoms with E-state index in [2.05, 4.69) is 9.97 Å². The number of nitrogens with zero attached hydrogens (tertiary/aromatic N) is 4. The topological polar surface area (TPSA) is 82.6 Å². The molecule has 0 radical (unpaired) electrons. The molecule has 2 rings (SSSR count). The summed E-state index contributed by atoms with van der Waals surface area (Å²) in [4.78, 5) is 8.13. The molecule has 0 unspecified atom stereocenters. The molecule has 0 fully saturated rings. The lowest BCUT2D eigenvalue weighted by molar-refractivity contribution is 0.0817. The number of pyridine rings is 2. The van der Waals surface area contributed by atoms with Crippen molar-refractivity contribution in [2.24, 2.45) is 0 Å². The molecule has 0 amide bonds. The maximum Gasteiger partial charge on any atom is 0.272 e. The van der Waals surface area contributed by atoms with Crippen molar-refractivity contribution >= 4 is 23.4 Å². The van der Waals surface area contributed by atoms with Gasteiger partial charge >= 0.3 is 0 Å². The molecule has 0 aliphatic rings. The van der Waals surface area contributed by atoms with E-state index < -0.39 is 13.0 Å². The van der Waals surface area contributed by atoms with Crippen LogP contribution < -0.4 is 4.74 Å². The number of ether oxygens (including phenoxy) is 1. The number of halogens is 3. The lowest BCUT2D eigenvalue weighted by Crippen LogP contribution is -2.07. The van der Waals surface area contributed by atoms with Crippen molar-refractivity contribution < 1.29 is 13.5 Å². The minimum absolute atomic E-state index is 0.0276. The Bertz CT molecular complexity index is 831. The first-order valence-corrected chi connectivity index (χ1v) is 8.07. The number of hydrogen-bond donors (Lipinski definition) is 0. The fraction of sp³-hybridized carbons (Fsp3) is 0.200. The van der Waals surface area contributed by atoms with Gasteiger partial charge in [-0.15, -0.1) is 11.8 Å². The van der Waals surface area contributed by atoms with Crippen molar-refractivity contribution in [2.75, 3.05) is 12.9 Å². The van der Waals surface area contributed by atoms with Crippen LogP contribution in [0.3, 0.4) is 0 Å². The first kappa shape index (κ1) is 17.9. The zero-order chi connectivity index (χ0) is 17.7. The summed E-state index contributed by atoms with van der Waals surface area (Å²) >= 11 is 7.23. The quantitative estimate of drug-likeness (QED) is 0.589. The van der Waals surface area contributed by atoms with Crippen LogP contribution in [0.2, 0.25) is 5.15 Å². The molecule has 122 valence electrons. The minimum atomic E-state index is -2.59. The van der Waals surface area contributed by atoms with Gasteiger partial charge < -0.3 is 4.74 Å². The van der Waals surface area contributed by atoms with Crippen LogP contribution in [-0.4, -0.2) is 29.3 Å². The summed E-state index contributed by atoms with van der Waals surface area (Å²) in [6, 6.07) is 6.83. The molecular formula is C15H9ClF2N4OS. The number of hydrogen-bond acceptors (Lipinski definition) is 6. The van der Waals surface area contributed by atoms with Gasteiger partial charge in [0, 0.05) is 5.56 Å². The third-order valence-corrected chi connectivity index (χ3v) is 3.86. The lowest BCUT2D eigenvalue weighted by Gasteiger charge is -2.11. The van der Waals surface area contributed by atoms with E-state index in [4.69, 9.17) is 16.3 Å². The molecule has 2 aromatic rings. The molecule has 2 heterocycles. The molecule has 0 atom stereocenters. The SMILES string of the molecule is CSc1nc(Cl)c(C#N)c(-c2ccc(OCC(F)F)cn2)c1C#N. The van der Waals surface area contributed by atoms with E-state index in [0.29, 0.717) is 10.7 Å². The average molecular weight is 367 g/mol.